The predicted octanol–water partition coefficient (Wildman–Crippen LogP) is 2.67. The average molecular weight is 403 g/mol. The lowest BCUT2D eigenvalue weighted by Gasteiger charge is -2.32. The Hall–Kier alpha value is -1.12. The van der Waals surface area contributed by atoms with Gasteiger partial charge in [0.05, 0.1) is 6.33 Å². The molecular weight excluding hydrogens is 383 g/mol. The Labute approximate surface area is 157 Å². The lowest BCUT2D eigenvalue weighted by atomic mass is 10.1. The van der Waals surface area contributed by atoms with E-state index in [0.29, 0.717) is 0 Å². The van der Waals surface area contributed by atoms with Gasteiger partial charge in [-0.25, -0.2) is 18.1 Å². The van der Waals surface area contributed by atoms with E-state index in [4.69, 9.17) is 23.2 Å². The first kappa shape index (κ1) is 18.7. The molecule has 0 amide bonds. The molecular formula is C16H20Cl2N4O2S. The summed E-state index contributed by atoms with van der Waals surface area (Å²) in [6, 6.07) is 7.69. The normalized spacial score (nSPS) is 17.1. The van der Waals surface area contributed by atoms with E-state index in [1.54, 1.807) is 7.05 Å². The molecule has 2 heterocycles. The van der Waals surface area contributed by atoms with Crippen LogP contribution in [-0.4, -0.2) is 42.0 Å². The molecule has 0 atom stereocenters. The first-order valence-electron chi connectivity index (χ1n) is 8.01. The van der Waals surface area contributed by atoms with Crippen molar-refractivity contribution in [3.05, 3.63) is 46.3 Å². The van der Waals surface area contributed by atoms with Crippen molar-refractivity contribution in [1.29, 1.82) is 0 Å². The molecule has 1 aliphatic rings. The van der Waals surface area contributed by atoms with Gasteiger partial charge in [-0.15, -0.1) is 0 Å². The lowest BCUT2D eigenvalue weighted by Crippen LogP contribution is -2.44. The van der Waals surface area contributed by atoms with Gasteiger partial charge in [-0.3, -0.25) is 4.90 Å². The summed E-state index contributed by atoms with van der Waals surface area (Å²) in [6.45, 7) is 2.49. The van der Waals surface area contributed by atoms with Crippen molar-refractivity contribution in [1.82, 2.24) is 19.2 Å². The van der Waals surface area contributed by atoms with Crippen LogP contribution in [0.15, 0.2) is 35.6 Å². The van der Waals surface area contributed by atoms with Crippen LogP contribution < -0.4 is 4.72 Å². The standard InChI is InChI=1S/C16H20Cl2N4O2S/c1-21-11-19-16(15(21)18)25(23,24)20-14-6-8-22(9-7-14)10-12-2-4-13(17)5-3-12/h2-5,11,14,20H,6-10H2,1H3. The molecule has 0 unspecified atom stereocenters. The van der Waals surface area contributed by atoms with Gasteiger partial charge in [-0.1, -0.05) is 35.3 Å². The molecule has 6 nitrogen and oxygen atoms in total. The van der Waals surface area contributed by atoms with Crippen LogP contribution in [0.3, 0.4) is 0 Å². The van der Waals surface area contributed by atoms with Crippen molar-refractivity contribution in [3.8, 4) is 0 Å². The molecule has 1 aromatic heterocycles. The summed E-state index contributed by atoms with van der Waals surface area (Å²) in [6.07, 6.45) is 2.89. The van der Waals surface area contributed by atoms with E-state index < -0.39 is 10.0 Å². The van der Waals surface area contributed by atoms with Crippen LogP contribution in [0.5, 0.6) is 0 Å². The van der Waals surface area contributed by atoms with Crippen molar-refractivity contribution in [2.75, 3.05) is 13.1 Å². The SMILES string of the molecule is Cn1cnc(S(=O)(=O)NC2CCN(Cc3ccc(Cl)cc3)CC2)c1Cl. The van der Waals surface area contributed by atoms with Gasteiger partial charge in [0, 0.05) is 37.7 Å². The number of sulfonamides is 1. The number of rotatable bonds is 5. The second kappa shape index (κ2) is 7.63. The largest absolute Gasteiger partial charge is 0.324 e. The lowest BCUT2D eigenvalue weighted by molar-refractivity contribution is 0.200. The number of nitrogens with zero attached hydrogens (tertiary/aromatic N) is 3. The predicted molar refractivity (Wildman–Crippen MR) is 98.3 cm³/mol. The van der Waals surface area contributed by atoms with Crippen molar-refractivity contribution in [2.45, 2.75) is 30.5 Å². The molecule has 136 valence electrons. The highest BCUT2D eigenvalue weighted by Crippen LogP contribution is 2.21. The van der Waals surface area contributed by atoms with Crippen molar-refractivity contribution >= 4 is 33.2 Å². The van der Waals surface area contributed by atoms with Gasteiger partial charge < -0.3 is 4.57 Å². The van der Waals surface area contributed by atoms with Gasteiger partial charge >= 0.3 is 0 Å². The third kappa shape index (κ3) is 4.54. The Bertz CT molecular complexity index is 828. The van der Waals surface area contributed by atoms with E-state index in [2.05, 4.69) is 14.6 Å². The Morgan fingerprint density at radius 2 is 1.84 bits per heavy atom. The second-order valence-corrected chi connectivity index (χ2v) is 8.67. The topological polar surface area (TPSA) is 67.2 Å². The van der Waals surface area contributed by atoms with Crippen LogP contribution in [-0.2, 0) is 23.6 Å². The monoisotopic (exact) mass is 402 g/mol. The first-order valence-corrected chi connectivity index (χ1v) is 10.2. The molecule has 0 spiro atoms. The van der Waals surface area contributed by atoms with E-state index in [-0.39, 0.29) is 16.2 Å². The van der Waals surface area contributed by atoms with Gasteiger partial charge in [0.2, 0.25) is 5.03 Å². The van der Waals surface area contributed by atoms with Gasteiger partial charge in [0.25, 0.3) is 10.0 Å². The summed E-state index contributed by atoms with van der Waals surface area (Å²) in [5.74, 6) is 0. The van der Waals surface area contributed by atoms with Crippen LogP contribution in [0.2, 0.25) is 10.2 Å². The Morgan fingerprint density at radius 1 is 1.20 bits per heavy atom. The zero-order chi connectivity index (χ0) is 18.0. The molecule has 1 N–H and O–H groups in total. The molecule has 3 rings (SSSR count). The third-order valence-electron chi connectivity index (χ3n) is 4.32. The van der Waals surface area contributed by atoms with Crippen molar-refractivity contribution in [3.63, 3.8) is 0 Å². The minimum Gasteiger partial charge on any atom is -0.324 e. The number of piperidine rings is 1. The highest BCUT2D eigenvalue weighted by molar-refractivity contribution is 7.89. The van der Waals surface area contributed by atoms with Gasteiger partial charge in [0.15, 0.2) is 0 Å². The van der Waals surface area contributed by atoms with E-state index in [1.165, 1.54) is 16.5 Å². The number of aromatic nitrogens is 2. The van der Waals surface area contributed by atoms with Crippen LogP contribution in [0.1, 0.15) is 18.4 Å². The van der Waals surface area contributed by atoms with Crippen LogP contribution in [0.25, 0.3) is 0 Å². The molecule has 0 bridgehead atoms. The highest BCUT2D eigenvalue weighted by Gasteiger charge is 2.28. The molecule has 25 heavy (non-hydrogen) atoms. The number of aryl methyl sites for hydroxylation is 1. The van der Waals surface area contributed by atoms with E-state index in [0.717, 1.165) is 37.5 Å². The molecule has 0 saturated carbocycles. The number of imidazole rings is 1. The fraction of sp³-hybridized carbons (Fsp3) is 0.438. The summed E-state index contributed by atoms with van der Waals surface area (Å²) in [5.41, 5.74) is 1.20. The van der Waals surface area contributed by atoms with Gasteiger partial charge in [-0.2, -0.15) is 0 Å². The first-order chi connectivity index (χ1) is 11.8. The molecule has 1 saturated heterocycles. The number of halogens is 2. The maximum absolute atomic E-state index is 12.4. The maximum atomic E-state index is 12.4. The molecule has 1 aliphatic heterocycles. The second-order valence-electron chi connectivity index (χ2n) is 6.25. The Kier molecular flexibility index (Phi) is 5.70. The number of nitrogens with one attached hydrogen (secondary N) is 1. The minimum atomic E-state index is -3.70. The van der Waals surface area contributed by atoms with Crippen LogP contribution in [0.4, 0.5) is 0 Å². The van der Waals surface area contributed by atoms with E-state index in [9.17, 15) is 8.42 Å². The van der Waals surface area contributed by atoms with Crippen LogP contribution >= 0.6 is 23.2 Å². The molecule has 2 aromatic rings. The minimum absolute atomic E-state index is 0.107. The molecule has 0 aliphatic carbocycles. The fourth-order valence-electron chi connectivity index (χ4n) is 2.91. The Balaban J connectivity index is 1.55. The summed E-state index contributed by atoms with van der Waals surface area (Å²) < 4.78 is 29.1. The number of benzene rings is 1. The maximum Gasteiger partial charge on any atom is 0.261 e. The Morgan fingerprint density at radius 3 is 2.40 bits per heavy atom. The van der Waals surface area contributed by atoms with Crippen LogP contribution in [0, 0.1) is 0 Å². The van der Waals surface area contributed by atoms with E-state index >= 15 is 0 Å². The number of likely N-dealkylation sites (tertiary alicyclic amines) is 1. The zero-order valence-corrected chi connectivity index (χ0v) is 16.2. The summed E-state index contributed by atoms with van der Waals surface area (Å²) in [5, 5.41) is 0.734. The number of hydrogen-bond donors (Lipinski definition) is 1. The van der Waals surface area contributed by atoms with Gasteiger partial charge in [-0.05, 0) is 30.5 Å². The molecule has 0 radical (unpaired) electrons. The highest BCUT2D eigenvalue weighted by atomic mass is 35.5. The van der Waals surface area contributed by atoms with Crippen molar-refractivity contribution in [2.24, 2.45) is 7.05 Å². The smallest absolute Gasteiger partial charge is 0.261 e. The third-order valence-corrected chi connectivity index (χ3v) is 6.58. The number of hydrogen-bond acceptors (Lipinski definition) is 4. The zero-order valence-electron chi connectivity index (χ0n) is 13.8. The van der Waals surface area contributed by atoms with Gasteiger partial charge in [0.1, 0.15) is 5.15 Å². The average Bonchev–Trinajstić information content (AvgIpc) is 2.91. The molecule has 1 aromatic carbocycles. The van der Waals surface area contributed by atoms with Crippen molar-refractivity contribution < 1.29 is 8.42 Å². The quantitative estimate of drug-likeness (QED) is 0.834. The fourth-order valence-corrected chi connectivity index (χ4v) is 4.77. The molecule has 1 fully saturated rings. The summed E-state index contributed by atoms with van der Waals surface area (Å²) in [7, 11) is -2.04. The summed E-state index contributed by atoms with van der Waals surface area (Å²) >= 11 is 11.9. The van der Waals surface area contributed by atoms with E-state index in [1.807, 2.05) is 24.3 Å². The molecule has 9 heteroatoms. The summed E-state index contributed by atoms with van der Waals surface area (Å²) in [4.78, 5) is 6.20.